The first-order chi connectivity index (χ1) is 8.45. The lowest BCUT2D eigenvalue weighted by molar-refractivity contribution is -0.137. The summed E-state index contributed by atoms with van der Waals surface area (Å²) in [6, 6.07) is 0. The van der Waals surface area contributed by atoms with Gasteiger partial charge in [0, 0.05) is 0 Å². The van der Waals surface area contributed by atoms with Crippen LogP contribution in [-0.2, 0) is 9.59 Å². The van der Waals surface area contributed by atoms with E-state index in [2.05, 4.69) is 0 Å². The highest BCUT2D eigenvalue weighted by Crippen LogP contribution is 2.16. The van der Waals surface area contributed by atoms with Crippen molar-refractivity contribution in [1.29, 1.82) is 0 Å². The van der Waals surface area contributed by atoms with Crippen molar-refractivity contribution in [2.75, 3.05) is 11.5 Å². The van der Waals surface area contributed by atoms with Crippen molar-refractivity contribution >= 4 is 35.5 Å². The van der Waals surface area contributed by atoms with Crippen molar-refractivity contribution in [3.8, 4) is 0 Å². The number of carbonyl (C=O) groups is 2. The maximum atomic E-state index is 10.6. The minimum absolute atomic E-state index is 0.322. The van der Waals surface area contributed by atoms with Crippen LogP contribution in [0.4, 0.5) is 0 Å². The Kier molecular flexibility index (Phi) is 10.3. The first-order valence-electron chi connectivity index (χ1n) is 6.14. The van der Waals surface area contributed by atoms with Gasteiger partial charge in [0.2, 0.25) is 0 Å². The van der Waals surface area contributed by atoms with E-state index in [1.807, 2.05) is 0 Å². The number of hydrogen-bond donors (Lipinski definition) is 2. The van der Waals surface area contributed by atoms with Gasteiger partial charge in [-0.1, -0.05) is 12.8 Å². The largest absolute Gasteiger partial charge is 0.480 e. The van der Waals surface area contributed by atoms with Crippen molar-refractivity contribution in [2.24, 2.45) is 0 Å². The summed E-state index contributed by atoms with van der Waals surface area (Å²) in [4.78, 5) is 21.1. The third-order valence-electron chi connectivity index (χ3n) is 2.47. The molecule has 2 atom stereocenters. The van der Waals surface area contributed by atoms with Gasteiger partial charge in [-0.05, 0) is 38.2 Å². The molecule has 18 heavy (non-hydrogen) atoms. The number of carboxylic acid groups (broad SMARTS) is 2. The molecule has 0 unspecified atom stereocenters. The number of carboxylic acids is 2. The predicted octanol–water partition coefficient (Wildman–Crippen LogP) is 2.96. The van der Waals surface area contributed by atoms with Crippen molar-refractivity contribution in [3.05, 3.63) is 0 Å². The van der Waals surface area contributed by atoms with Crippen LogP contribution in [-0.4, -0.2) is 44.2 Å². The zero-order chi connectivity index (χ0) is 14.0. The van der Waals surface area contributed by atoms with E-state index in [9.17, 15) is 9.59 Å². The van der Waals surface area contributed by atoms with Gasteiger partial charge in [-0.25, -0.2) is 0 Å². The van der Waals surface area contributed by atoms with Crippen LogP contribution in [0, 0.1) is 0 Å². The molecule has 0 radical (unpaired) electrons. The van der Waals surface area contributed by atoms with Gasteiger partial charge in [-0.3, -0.25) is 9.59 Å². The summed E-state index contributed by atoms with van der Waals surface area (Å²) in [6.45, 7) is 3.41. The molecule has 6 heteroatoms. The molecule has 0 amide bonds. The van der Waals surface area contributed by atoms with E-state index >= 15 is 0 Å². The van der Waals surface area contributed by atoms with Crippen molar-refractivity contribution in [1.82, 2.24) is 0 Å². The van der Waals surface area contributed by atoms with Crippen LogP contribution in [0.5, 0.6) is 0 Å². The highest BCUT2D eigenvalue weighted by atomic mass is 32.2. The number of unbranched alkanes of at least 4 members (excludes halogenated alkanes) is 3. The number of thioether (sulfide) groups is 2. The van der Waals surface area contributed by atoms with E-state index in [0.717, 1.165) is 37.2 Å². The van der Waals surface area contributed by atoms with E-state index < -0.39 is 11.9 Å². The van der Waals surface area contributed by atoms with Gasteiger partial charge in [0.15, 0.2) is 0 Å². The standard InChI is InChI=1S/C12H22O4S2/c1-9(11(13)14)17-7-5-3-4-6-8-18-10(2)12(15)16/h9-10H,3-8H2,1-2H3,(H,13,14)(H,15,16)/t9-,10+. The fourth-order valence-corrected chi connectivity index (χ4v) is 2.95. The normalized spacial score (nSPS) is 14.1. The molecule has 4 nitrogen and oxygen atoms in total. The Bertz CT molecular complexity index is 232. The molecule has 0 bridgehead atoms. The van der Waals surface area contributed by atoms with Gasteiger partial charge < -0.3 is 10.2 Å². The Hall–Kier alpha value is -0.360. The molecule has 0 aliphatic rings. The van der Waals surface area contributed by atoms with Crippen LogP contribution in [0.25, 0.3) is 0 Å². The summed E-state index contributed by atoms with van der Waals surface area (Å²) < 4.78 is 0. The second kappa shape index (κ2) is 10.6. The monoisotopic (exact) mass is 294 g/mol. The Morgan fingerprint density at radius 2 is 1.17 bits per heavy atom. The Morgan fingerprint density at radius 3 is 1.44 bits per heavy atom. The Labute approximate surface area is 117 Å². The first kappa shape index (κ1) is 17.6. The topological polar surface area (TPSA) is 74.6 Å². The number of aliphatic carboxylic acids is 2. The molecule has 0 aromatic rings. The molecule has 0 aromatic carbocycles. The van der Waals surface area contributed by atoms with E-state index in [1.165, 1.54) is 23.5 Å². The van der Waals surface area contributed by atoms with Crippen molar-refractivity contribution in [3.63, 3.8) is 0 Å². The molecular formula is C12H22O4S2. The highest BCUT2D eigenvalue weighted by molar-refractivity contribution is 8.00. The van der Waals surface area contributed by atoms with Gasteiger partial charge in [0.05, 0.1) is 10.5 Å². The molecule has 0 heterocycles. The molecule has 0 aliphatic heterocycles. The van der Waals surface area contributed by atoms with Gasteiger partial charge in [-0.15, -0.1) is 23.5 Å². The first-order valence-corrected chi connectivity index (χ1v) is 8.23. The lowest BCUT2D eigenvalue weighted by Crippen LogP contribution is -2.12. The fraction of sp³-hybridized carbons (Fsp3) is 0.833. The third kappa shape index (κ3) is 9.65. The van der Waals surface area contributed by atoms with Gasteiger partial charge in [0.25, 0.3) is 0 Å². The quantitative estimate of drug-likeness (QED) is 0.571. The minimum Gasteiger partial charge on any atom is -0.480 e. The summed E-state index contributed by atoms with van der Waals surface area (Å²) in [6.07, 6.45) is 4.23. The van der Waals surface area contributed by atoms with Gasteiger partial charge in [0.1, 0.15) is 0 Å². The van der Waals surface area contributed by atoms with Gasteiger partial charge >= 0.3 is 11.9 Å². The summed E-state index contributed by atoms with van der Waals surface area (Å²) >= 11 is 2.95. The third-order valence-corrected chi connectivity index (χ3v) is 4.92. The minimum atomic E-state index is -0.751. The maximum absolute atomic E-state index is 10.6. The fourth-order valence-electron chi connectivity index (χ4n) is 1.22. The number of rotatable bonds is 11. The molecule has 0 rings (SSSR count). The molecule has 0 fully saturated rings. The second-order valence-electron chi connectivity index (χ2n) is 4.12. The second-order valence-corrected chi connectivity index (χ2v) is 7.01. The van der Waals surface area contributed by atoms with E-state index in [0.29, 0.717) is 0 Å². The van der Waals surface area contributed by atoms with E-state index in [-0.39, 0.29) is 10.5 Å². The van der Waals surface area contributed by atoms with E-state index in [4.69, 9.17) is 10.2 Å². The average Bonchev–Trinajstić information content (AvgIpc) is 2.31. The average molecular weight is 294 g/mol. The Morgan fingerprint density at radius 1 is 0.833 bits per heavy atom. The summed E-state index contributed by atoms with van der Waals surface area (Å²) in [5.74, 6) is 0.260. The van der Waals surface area contributed by atoms with Crippen LogP contribution in [0.15, 0.2) is 0 Å². The predicted molar refractivity (Wildman–Crippen MR) is 77.6 cm³/mol. The molecule has 0 spiro atoms. The highest BCUT2D eigenvalue weighted by Gasteiger charge is 2.11. The zero-order valence-electron chi connectivity index (χ0n) is 10.9. The van der Waals surface area contributed by atoms with Crippen LogP contribution in [0.3, 0.4) is 0 Å². The Balaban J connectivity index is 3.26. The molecule has 0 aliphatic carbocycles. The molecule has 106 valence electrons. The van der Waals surface area contributed by atoms with Crippen LogP contribution >= 0.6 is 23.5 Å². The van der Waals surface area contributed by atoms with Crippen molar-refractivity contribution in [2.45, 2.75) is 50.0 Å². The molecule has 0 aromatic heterocycles. The lowest BCUT2D eigenvalue weighted by atomic mass is 10.2. The molecule has 0 saturated heterocycles. The van der Waals surface area contributed by atoms with Crippen LogP contribution < -0.4 is 0 Å². The maximum Gasteiger partial charge on any atom is 0.316 e. The lowest BCUT2D eigenvalue weighted by Gasteiger charge is -2.07. The van der Waals surface area contributed by atoms with Crippen LogP contribution in [0.1, 0.15) is 39.5 Å². The summed E-state index contributed by atoms with van der Waals surface area (Å²) in [5.41, 5.74) is 0. The smallest absolute Gasteiger partial charge is 0.316 e. The zero-order valence-corrected chi connectivity index (χ0v) is 12.6. The molecule has 0 saturated carbocycles. The van der Waals surface area contributed by atoms with Crippen LogP contribution in [0.2, 0.25) is 0 Å². The van der Waals surface area contributed by atoms with E-state index in [1.54, 1.807) is 13.8 Å². The SMILES string of the molecule is C[C@H](SCCCCCCS[C@H](C)C(=O)O)C(=O)O. The summed E-state index contributed by atoms with van der Waals surface area (Å²) in [7, 11) is 0. The molecule has 2 N–H and O–H groups in total. The van der Waals surface area contributed by atoms with Gasteiger partial charge in [-0.2, -0.15) is 0 Å². The number of hydrogen-bond acceptors (Lipinski definition) is 4. The summed E-state index contributed by atoms with van der Waals surface area (Å²) in [5, 5.41) is 16.7. The molecular weight excluding hydrogens is 272 g/mol. The van der Waals surface area contributed by atoms with Crippen molar-refractivity contribution < 1.29 is 19.8 Å².